The fraction of sp³-hybridized carbons (Fsp3) is 0.933. The van der Waals surface area contributed by atoms with Crippen molar-refractivity contribution in [1.29, 1.82) is 0 Å². The highest BCUT2D eigenvalue weighted by Crippen LogP contribution is 2.28. The topological polar surface area (TPSA) is 64.4 Å². The van der Waals surface area contributed by atoms with Gasteiger partial charge in [-0.05, 0) is 63.3 Å². The van der Waals surface area contributed by atoms with Gasteiger partial charge in [0, 0.05) is 25.7 Å². The summed E-state index contributed by atoms with van der Waals surface area (Å²) >= 11 is 0. The van der Waals surface area contributed by atoms with E-state index in [0.717, 1.165) is 77.2 Å². The third-order valence-electron chi connectivity index (χ3n) is 4.74. The Hall–Kier alpha value is -0.610. The first-order chi connectivity index (χ1) is 9.29. The second-order valence-electron chi connectivity index (χ2n) is 6.09. The van der Waals surface area contributed by atoms with Crippen molar-refractivity contribution in [3.05, 3.63) is 0 Å². The van der Waals surface area contributed by atoms with Gasteiger partial charge in [-0.15, -0.1) is 0 Å². The van der Waals surface area contributed by atoms with Crippen molar-refractivity contribution < 1.29 is 9.53 Å². The van der Waals surface area contributed by atoms with Gasteiger partial charge in [0.05, 0.1) is 0 Å². The van der Waals surface area contributed by atoms with E-state index in [1.165, 1.54) is 0 Å². The lowest BCUT2D eigenvalue weighted by molar-refractivity contribution is -0.126. The lowest BCUT2D eigenvalue weighted by Gasteiger charge is -2.27. The number of carbonyl (C=O) groups is 1. The minimum atomic E-state index is 0.234. The minimum absolute atomic E-state index is 0.234. The van der Waals surface area contributed by atoms with E-state index < -0.39 is 0 Å². The molecular weight excluding hydrogens is 240 g/mol. The van der Waals surface area contributed by atoms with E-state index in [1.807, 2.05) is 0 Å². The molecule has 0 unspecified atom stereocenters. The lowest BCUT2D eigenvalue weighted by atomic mass is 9.81. The zero-order valence-corrected chi connectivity index (χ0v) is 11.9. The number of hydrogen-bond acceptors (Lipinski definition) is 3. The zero-order valence-electron chi connectivity index (χ0n) is 11.9. The molecule has 4 nitrogen and oxygen atoms in total. The van der Waals surface area contributed by atoms with Crippen molar-refractivity contribution in [1.82, 2.24) is 5.32 Å². The Balaban J connectivity index is 1.59. The van der Waals surface area contributed by atoms with Gasteiger partial charge >= 0.3 is 0 Å². The van der Waals surface area contributed by atoms with Crippen LogP contribution in [0.2, 0.25) is 0 Å². The molecule has 19 heavy (non-hydrogen) atoms. The molecule has 1 aliphatic carbocycles. The average molecular weight is 268 g/mol. The van der Waals surface area contributed by atoms with Crippen molar-refractivity contribution in [2.75, 3.05) is 26.3 Å². The molecule has 4 heteroatoms. The molecular formula is C15H28N2O2. The molecule has 0 atom stereocenters. The van der Waals surface area contributed by atoms with Gasteiger partial charge in [0.1, 0.15) is 0 Å². The Bertz CT molecular complexity index is 269. The van der Waals surface area contributed by atoms with Crippen molar-refractivity contribution >= 4 is 5.91 Å². The molecule has 1 amide bonds. The van der Waals surface area contributed by atoms with E-state index in [4.69, 9.17) is 10.5 Å². The first-order valence-corrected chi connectivity index (χ1v) is 7.85. The Labute approximate surface area is 116 Å². The maximum Gasteiger partial charge on any atom is 0.223 e. The van der Waals surface area contributed by atoms with Crippen LogP contribution in [0.15, 0.2) is 0 Å². The van der Waals surface area contributed by atoms with Crippen molar-refractivity contribution in [3.8, 4) is 0 Å². The molecule has 0 aromatic carbocycles. The van der Waals surface area contributed by atoms with Gasteiger partial charge in [0.25, 0.3) is 0 Å². The highest BCUT2D eigenvalue weighted by atomic mass is 16.5. The quantitative estimate of drug-likeness (QED) is 0.797. The van der Waals surface area contributed by atoms with E-state index in [2.05, 4.69) is 5.32 Å². The Kier molecular flexibility index (Phi) is 6.11. The third-order valence-corrected chi connectivity index (χ3v) is 4.74. The number of hydrogen-bond donors (Lipinski definition) is 2. The Morgan fingerprint density at radius 2 is 1.74 bits per heavy atom. The normalized spacial score (nSPS) is 29.1. The molecule has 0 aromatic heterocycles. The number of amides is 1. The van der Waals surface area contributed by atoms with Gasteiger partial charge in [-0.2, -0.15) is 0 Å². The molecule has 0 bridgehead atoms. The van der Waals surface area contributed by atoms with E-state index in [1.54, 1.807) is 0 Å². The second kappa shape index (κ2) is 7.85. The van der Waals surface area contributed by atoms with Crippen molar-refractivity contribution in [2.24, 2.45) is 23.5 Å². The summed E-state index contributed by atoms with van der Waals surface area (Å²) in [6, 6.07) is 0. The van der Waals surface area contributed by atoms with Gasteiger partial charge < -0.3 is 15.8 Å². The predicted octanol–water partition coefficient (Wildman–Crippen LogP) is 1.68. The fourth-order valence-corrected chi connectivity index (χ4v) is 3.24. The van der Waals surface area contributed by atoms with Crippen LogP contribution in [0.1, 0.15) is 44.9 Å². The molecule has 1 saturated heterocycles. The summed E-state index contributed by atoms with van der Waals surface area (Å²) in [4.78, 5) is 12.1. The number of ether oxygens (including phenoxy) is 1. The molecule has 1 aliphatic heterocycles. The number of carbonyl (C=O) groups excluding carboxylic acids is 1. The highest BCUT2D eigenvalue weighted by Gasteiger charge is 2.25. The predicted molar refractivity (Wildman–Crippen MR) is 75.7 cm³/mol. The van der Waals surface area contributed by atoms with Crippen LogP contribution in [-0.4, -0.2) is 32.2 Å². The monoisotopic (exact) mass is 268 g/mol. The molecule has 2 aliphatic rings. The van der Waals surface area contributed by atoms with Crippen LogP contribution >= 0.6 is 0 Å². The lowest BCUT2D eigenvalue weighted by Crippen LogP contribution is -2.35. The molecule has 3 N–H and O–H groups in total. The molecule has 2 fully saturated rings. The summed E-state index contributed by atoms with van der Waals surface area (Å²) in [5.41, 5.74) is 5.68. The Morgan fingerprint density at radius 1 is 1.05 bits per heavy atom. The van der Waals surface area contributed by atoms with Crippen LogP contribution in [0.25, 0.3) is 0 Å². The molecule has 2 rings (SSSR count). The van der Waals surface area contributed by atoms with Gasteiger partial charge in [-0.1, -0.05) is 0 Å². The van der Waals surface area contributed by atoms with Gasteiger partial charge in [-0.25, -0.2) is 0 Å². The third kappa shape index (κ3) is 4.77. The van der Waals surface area contributed by atoms with Crippen LogP contribution in [-0.2, 0) is 9.53 Å². The van der Waals surface area contributed by atoms with Gasteiger partial charge in [-0.3, -0.25) is 4.79 Å². The standard InChI is InChI=1S/C15H28N2O2/c16-11-13-1-3-14(4-2-13)15(18)17-8-5-12-6-9-19-10-7-12/h12-14H,1-11,16H2,(H,17,18). The van der Waals surface area contributed by atoms with E-state index >= 15 is 0 Å². The van der Waals surface area contributed by atoms with Gasteiger partial charge in [0.2, 0.25) is 5.91 Å². The van der Waals surface area contributed by atoms with Crippen molar-refractivity contribution in [2.45, 2.75) is 44.9 Å². The van der Waals surface area contributed by atoms with Crippen LogP contribution in [0.5, 0.6) is 0 Å². The van der Waals surface area contributed by atoms with E-state index in [0.29, 0.717) is 5.92 Å². The highest BCUT2D eigenvalue weighted by molar-refractivity contribution is 5.78. The number of rotatable bonds is 5. The zero-order chi connectivity index (χ0) is 13.5. The van der Waals surface area contributed by atoms with E-state index in [-0.39, 0.29) is 11.8 Å². The smallest absolute Gasteiger partial charge is 0.223 e. The first kappa shape index (κ1) is 14.8. The van der Waals surface area contributed by atoms with E-state index in [9.17, 15) is 4.79 Å². The summed E-state index contributed by atoms with van der Waals surface area (Å²) < 4.78 is 5.35. The summed E-state index contributed by atoms with van der Waals surface area (Å²) in [6.45, 7) is 3.39. The summed E-state index contributed by atoms with van der Waals surface area (Å²) in [7, 11) is 0. The summed E-state index contributed by atoms with van der Waals surface area (Å²) in [6.07, 6.45) is 7.68. The molecule has 0 spiro atoms. The summed E-state index contributed by atoms with van der Waals surface area (Å²) in [5, 5.41) is 3.12. The van der Waals surface area contributed by atoms with Crippen LogP contribution in [0.3, 0.4) is 0 Å². The molecule has 110 valence electrons. The Morgan fingerprint density at radius 3 is 2.37 bits per heavy atom. The SMILES string of the molecule is NCC1CCC(C(=O)NCCC2CCOCC2)CC1. The first-order valence-electron chi connectivity index (χ1n) is 7.85. The average Bonchev–Trinajstić information content (AvgIpc) is 2.48. The number of nitrogens with one attached hydrogen (secondary N) is 1. The van der Waals surface area contributed by atoms with Crippen LogP contribution in [0, 0.1) is 17.8 Å². The molecule has 1 saturated carbocycles. The largest absolute Gasteiger partial charge is 0.381 e. The maximum absolute atomic E-state index is 12.1. The molecule has 0 radical (unpaired) electrons. The second-order valence-corrected chi connectivity index (χ2v) is 6.09. The fourth-order valence-electron chi connectivity index (χ4n) is 3.24. The van der Waals surface area contributed by atoms with Gasteiger partial charge in [0.15, 0.2) is 0 Å². The molecule has 0 aromatic rings. The van der Waals surface area contributed by atoms with Crippen molar-refractivity contribution in [3.63, 3.8) is 0 Å². The molecule has 1 heterocycles. The van der Waals surface area contributed by atoms with Crippen LogP contribution < -0.4 is 11.1 Å². The minimum Gasteiger partial charge on any atom is -0.381 e. The number of nitrogens with two attached hydrogens (primary N) is 1. The summed E-state index contributed by atoms with van der Waals surface area (Å²) in [5.74, 6) is 1.88. The van der Waals surface area contributed by atoms with Crippen LogP contribution in [0.4, 0.5) is 0 Å². The maximum atomic E-state index is 12.1.